The third kappa shape index (κ3) is 4.29. The summed E-state index contributed by atoms with van der Waals surface area (Å²) in [5.74, 6) is 0. The van der Waals surface area contributed by atoms with Gasteiger partial charge in [-0.15, -0.1) is 0 Å². The minimum Gasteiger partial charge on any atom is -0.345 e. The van der Waals surface area contributed by atoms with Gasteiger partial charge < -0.3 is 10.2 Å². The first-order chi connectivity index (χ1) is 11.4. The molecule has 0 aliphatic rings. The minimum atomic E-state index is -0.387. The first kappa shape index (κ1) is 17.9. The van der Waals surface area contributed by atoms with E-state index in [2.05, 4.69) is 24.4 Å². The molecule has 24 heavy (non-hydrogen) atoms. The van der Waals surface area contributed by atoms with Crippen molar-refractivity contribution < 1.29 is 4.92 Å². The number of anilines is 1. The Labute approximate surface area is 147 Å². The molecule has 126 valence electrons. The van der Waals surface area contributed by atoms with Gasteiger partial charge in [-0.05, 0) is 48.8 Å². The van der Waals surface area contributed by atoms with Crippen molar-refractivity contribution in [3.63, 3.8) is 0 Å². The van der Waals surface area contributed by atoms with Crippen LogP contribution in [-0.2, 0) is 6.42 Å². The van der Waals surface area contributed by atoms with E-state index in [9.17, 15) is 10.1 Å². The highest BCUT2D eigenvalue weighted by atomic mass is 32.1. The molecule has 2 rings (SSSR count). The molecule has 0 saturated heterocycles. The molecule has 0 heterocycles. The highest BCUT2D eigenvalue weighted by molar-refractivity contribution is 7.80. The van der Waals surface area contributed by atoms with E-state index in [0.717, 1.165) is 17.7 Å². The molecule has 5 nitrogen and oxygen atoms in total. The van der Waals surface area contributed by atoms with Crippen LogP contribution in [0.3, 0.4) is 0 Å². The van der Waals surface area contributed by atoms with E-state index in [-0.39, 0.29) is 16.7 Å². The van der Waals surface area contributed by atoms with Crippen LogP contribution in [0.2, 0.25) is 0 Å². The van der Waals surface area contributed by atoms with Crippen LogP contribution in [0.25, 0.3) is 0 Å². The Bertz CT molecular complexity index is 731. The number of nitrogens with zero attached hydrogens (tertiary/aromatic N) is 2. The fourth-order valence-electron chi connectivity index (χ4n) is 2.33. The molecule has 0 aliphatic heterocycles. The second-order valence-corrected chi connectivity index (χ2v) is 6.01. The summed E-state index contributed by atoms with van der Waals surface area (Å²) in [4.78, 5) is 12.4. The second-order valence-electron chi connectivity index (χ2n) is 5.62. The molecule has 0 amide bonds. The first-order valence-corrected chi connectivity index (χ1v) is 8.20. The minimum absolute atomic E-state index is 0.0835. The van der Waals surface area contributed by atoms with Crippen LogP contribution in [0.5, 0.6) is 0 Å². The second kappa shape index (κ2) is 7.88. The van der Waals surface area contributed by atoms with Crippen molar-refractivity contribution in [1.29, 1.82) is 0 Å². The predicted molar refractivity (Wildman–Crippen MR) is 101 cm³/mol. The van der Waals surface area contributed by atoms with Crippen molar-refractivity contribution in [3.05, 3.63) is 69.8 Å². The van der Waals surface area contributed by atoms with Crippen molar-refractivity contribution >= 4 is 28.7 Å². The van der Waals surface area contributed by atoms with Crippen LogP contribution < -0.4 is 5.32 Å². The summed E-state index contributed by atoms with van der Waals surface area (Å²) < 4.78 is 0. The van der Waals surface area contributed by atoms with E-state index in [1.54, 1.807) is 12.1 Å². The Balaban J connectivity index is 2.08. The van der Waals surface area contributed by atoms with Crippen LogP contribution in [0.4, 0.5) is 11.4 Å². The smallest absolute Gasteiger partial charge is 0.269 e. The highest BCUT2D eigenvalue weighted by Gasteiger charge is 2.17. The molecule has 0 unspecified atom stereocenters. The average molecular weight is 343 g/mol. The van der Waals surface area contributed by atoms with Gasteiger partial charge in [-0.2, -0.15) is 0 Å². The molecular formula is C18H21N3O2S. The zero-order valence-corrected chi connectivity index (χ0v) is 14.8. The number of benzene rings is 2. The van der Waals surface area contributed by atoms with Gasteiger partial charge in [-0.1, -0.05) is 31.2 Å². The molecule has 6 heteroatoms. The van der Waals surface area contributed by atoms with E-state index in [0.29, 0.717) is 5.11 Å². The summed E-state index contributed by atoms with van der Waals surface area (Å²) in [6.07, 6.45) is 0.994. The summed E-state index contributed by atoms with van der Waals surface area (Å²) in [5.41, 5.74) is 3.12. The molecule has 0 aromatic heterocycles. The van der Waals surface area contributed by atoms with Crippen molar-refractivity contribution in [1.82, 2.24) is 4.90 Å². The first-order valence-electron chi connectivity index (χ1n) is 7.79. The SMILES string of the molecule is CCc1ccc(NC(=S)N(C)[C@@H](C)c2cccc([N+](=O)[O-])c2)cc1. The maximum absolute atomic E-state index is 10.9. The van der Waals surface area contributed by atoms with Gasteiger partial charge in [0.2, 0.25) is 0 Å². The number of hydrogen-bond acceptors (Lipinski definition) is 3. The summed E-state index contributed by atoms with van der Waals surface area (Å²) in [6.45, 7) is 4.08. The lowest BCUT2D eigenvalue weighted by atomic mass is 10.1. The van der Waals surface area contributed by atoms with Crippen molar-refractivity contribution in [2.75, 3.05) is 12.4 Å². The Kier molecular flexibility index (Phi) is 5.87. The van der Waals surface area contributed by atoms with Crippen molar-refractivity contribution in [3.8, 4) is 0 Å². The summed E-state index contributed by atoms with van der Waals surface area (Å²) >= 11 is 5.46. The fraction of sp³-hybridized carbons (Fsp3) is 0.278. The highest BCUT2D eigenvalue weighted by Crippen LogP contribution is 2.23. The standard InChI is InChI=1S/C18H21N3O2S/c1-4-14-8-10-16(11-9-14)19-18(24)20(3)13(2)15-6-5-7-17(12-15)21(22)23/h5-13H,4H2,1-3H3,(H,19,24)/t13-/m0/s1. The molecule has 0 bridgehead atoms. The molecule has 0 saturated carbocycles. The van der Waals surface area contributed by atoms with E-state index in [1.807, 2.05) is 37.1 Å². The number of nitro groups is 1. The average Bonchev–Trinajstić information content (AvgIpc) is 2.61. The van der Waals surface area contributed by atoms with Gasteiger partial charge in [0, 0.05) is 24.9 Å². The lowest BCUT2D eigenvalue weighted by Crippen LogP contribution is -2.33. The number of aryl methyl sites for hydroxylation is 1. The maximum atomic E-state index is 10.9. The molecule has 2 aromatic carbocycles. The zero-order valence-electron chi connectivity index (χ0n) is 14.0. The number of nitrogens with one attached hydrogen (secondary N) is 1. The van der Waals surface area contributed by atoms with Crippen LogP contribution in [0.15, 0.2) is 48.5 Å². The number of thiocarbonyl (C=S) groups is 1. The molecule has 1 N–H and O–H groups in total. The Morgan fingerprint density at radius 3 is 2.54 bits per heavy atom. The summed E-state index contributed by atoms with van der Waals surface area (Å²) in [6, 6.07) is 14.7. The van der Waals surface area contributed by atoms with Crippen LogP contribution in [0.1, 0.15) is 31.0 Å². The maximum Gasteiger partial charge on any atom is 0.269 e. The van der Waals surface area contributed by atoms with Gasteiger partial charge in [0.25, 0.3) is 5.69 Å². The molecule has 2 aromatic rings. The van der Waals surface area contributed by atoms with Gasteiger partial charge >= 0.3 is 0 Å². The quantitative estimate of drug-likeness (QED) is 0.490. The molecule has 1 atom stereocenters. The van der Waals surface area contributed by atoms with Gasteiger partial charge in [0.1, 0.15) is 0 Å². The molecule has 0 radical (unpaired) electrons. The van der Waals surface area contributed by atoms with Crippen LogP contribution >= 0.6 is 12.2 Å². The predicted octanol–water partition coefficient (Wildman–Crippen LogP) is 4.55. The fourth-order valence-corrected chi connectivity index (χ4v) is 2.61. The van der Waals surface area contributed by atoms with Crippen molar-refractivity contribution in [2.45, 2.75) is 26.3 Å². The summed E-state index contributed by atoms with van der Waals surface area (Å²) in [7, 11) is 1.87. The monoisotopic (exact) mass is 343 g/mol. The third-order valence-corrected chi connectivity index (χ3v) is 4.47. The van der Waals surface area contributed by atoms with Crippen LogP contribution in [-0.4, -0.2) is 22.0 Å². The molecule has 0 spiro atoms. The Morgan fingerprint density at radius 2 is 1.96 bits per heavy atom. The topological polar surface area (TPSA) is 58.4 Å². The van der Waals surface area contributed by atoms with Crippen LogP contribution in [0, 0.1) is 10.1 Å². The lowest BCUT2D eigenvalue weighted by molar-refractivity contribution is -0.384. The zero-order chi connectivity index (χ0) is 17.7. The van der Waals surface area contributed by atoms with Crippen molar-refractivity contribution in [2.24, 2.45) is 0 Å². The molecular weight excluding hydrogens is 322 g/mol. The van der Waals surface area contributed by atoms with Gasteiger partial charge in [-0.3, -0.25) is 10.1 Å². The number of rotatable bonds is 5. The third-order valence-electron chi connectivity index (χ3n) is 4.08. The number of nitro benzene ring substituents is 1. The Morgan fingerprint density at radius 1 is 1.29 bits per heavy atom. The van der Waals surface area contributed by atoms with E-state index < -0.39 is 0 Å². The number of non-ortho nitro benzene ring substituents is 1. The van der Waals surface area contributed by atoms with E-state index >= 15 is 0 Å². The van der Waals surface area contributed by atoms with Gasteiger partial charge in [0.15, 0.2) is 5.11 Å². The van der Waals surface area contributed by atoms with E-state index in [1.165, 1.54) is 11.6 Å². The van der Waals surface area contributed by atoms with Gasteiger partial charge in [0.05, 0.1) is 11.0 Å². The number of hydrogen-bond donors (Lipinski definition) is 1. The van der Waals surface area contributed by atoms with E-state index in [4.69, 9.17) is 12.2 Å². The molecule has 0 aliphatic carbocycles. The van der Waals surface area contributed by atoms with Gasteiger partial charge in [-0.25, -0.2) is 0 Å². The normalized spacial score (nSPS) is 11.6. The Hall–Kier alpha value is -2.47. The molecule has 0 fully saturated rings. The summed E-state index contributed by atoms with van der Waals surface area (Å²) in [5, 5.41) is 14.7. The lowest BCUT2D eigenvalue weighted by Gasteiger charge is -2.28. The largest absolute Gasteiger partial charge is 0.345 e.